The summed E-state index contributed by atoms with van der Waals surface area (Å²) >= 11 is 0. The third-order valence-electron chi connectivity index (χ3n) is 4.09. The van der Waals surface area contributed by atoms with E-state index in [0.717, 1.165) is 22.0 Å². The molecular weight excluding hydrogens is 272 g/mol. The highest BCUT2D eigenvalue weighted by molar-refractivity contribution is 6.10. The topological polar surface area (TPSA) is 48.0 Å². The fourth-order valence-electron chi connectivity index (χ4n) is 2.91. The molecule has 0 saturated heterocycles. The van der Waals surface area contributed by atoms with E-state index in [-0.39, 0.29) is 5.54 Å². The molecule has 0 spiro atoms. The zero-order valence-electron chi connectivity index (χ0n) is 13.7. The molecule has 0 bridgehead atoms. The molecule has 0 unspecified atom stereocenters. The van der Waals surface area contributed by atoms with Gasteiger partial charge in [-0.15, -0.1) is 0 Å². The smallest absolute Gasteiger partial charge is 0.0921 e. The number of aromatic nitrogens is 1. The largest absolute Gasteiger partial charge is 0.387 e. The minimum Gasteiger partial charge on any atom is -0.387 e. The van der Waals surface area contributed by atoms with Crippen LogP contribution in [-0.2, 0) is 0 Å². The molecule has 3 N–H and O–H groups in total. The van der Waals surface area contributed by atoms with Crippen molar-refractivity contribution in [3.05, 3.63) is 47.5 Å². The number of aryl methyl sites for hydroxylation is 1. The summed E-state index contributed by atoms with van der Waals surface area (Å²) in [6, 6.07) is 12.4. The van der Waals surface area contributed by atoms with Crippen molar-refractivity contribution in [2.45, 2.75) is 39.3 Å². The SMILES string of the molecule is Cc1ccc([C@@H](O)CNC(C)(C)C)c2c1[nH]c1ccccc12. The molecule has 0 fully saturated rings. The molecule has 1 aromatic heterocycles. The molecule has 116 valence electrons. The second-order valence-electron chi connectivity index (χ2n) is 7.04. The fraction of sp³-hybridized carbons (Fsp3) is 0.368. The Balaban J connectivity index is 2.11. The molecule has 0 radical (unpaired) electrons. The van der Waals surface area contributed by atoms with Crippen molar-refractivity contribution in [2.75, 3.05) is 6.54 Å². The maximum atomic E-state index is 10.7. The molecule has 3 nitrogen and oxygen atoms in total. The Morgan fingerprint density at radius 2 is 1.86 bits per heavy atom. The number of benzene rings is 2. The third-order valence-corrected chi connectivity index (χ3v) is 4.09. The van der Waals surface area contributed by atoms with Crippen LogP contribution in [-0.4, -0.2) is 22.2 Å². The number of aliphatic hydroxyl groups is 1. The van der Waals surface area contributed by atoms with Crippen LogP contribution >= 0.6 is 0 Å². The highest BCUT2D eigenvalue weighted by atomic mass is 16.3. The van der Waals surface area contributed by atoms with Crippen LogP contribution in [0.2, 0.25) is 0 Å². The Labute approximate surface area is 131 Å². The van der Waals surface area contributed by atoms with E-state index in [0.29, 0.717) is 6.54 Å². The number of para-hydroxylation sites is 1. The van der Waals surface area contributed by atoms with E-state index in [9.17, 15) is 5.11 Å². The van der Waals surface area contributed by atoms with Gasteiger partial charge in [-0.2, -0.15) is 0 Å². The molecule has 3 heteroatoms. The number of rotatable bonds is 3. The van der Waals surface area contributed by atoms with Crippen LogP contribution in [0.4, 0.5) is 0 Å². The van der Waals surface area contributed by atoms with E-state index in [1.807, 2.05) is 18.2 Å². The molecule has 2 aromatic carbocycles. The van der Waals surface area contributed by atoms with Gasteiger partial charge in [0, 0.05) is 33.9 Å². The minimum absolute atomic E-state index is 0.00892. The fourth-order valence-corrected chi connectivity index (χ4v) is 2.91. The lowest BCUT2D eigenvalue weighted by Gasteiger charge is -2.23. The molecule has 3 aromatic rings. The van der Waals surface area contributed by atoms with E-state index >= 15 is 0 Å². The monoisotopic (exact) mass is 296 g/mol. The van der Waals surface area contributed by atoms with Crippen molar-refractivity contribution >= 4 is 21.8 Å². The zero-order valence-corrected chi connectivity index (χ0v) is 13.7. The van der Waals surface area contributed by atoms with E-state index in [4.69, 9.17) is 0 Å². The molecule has 1 heterocycles. The van der Waals surface area contributed by atoms with Crippen LogP contribution in [0.5, 0.6) is 0 Å². The van der Waals surface area contributed by atoms with Gasteiger partial charge in [-0.1, -0.05) is 30.3 Å². The summed E-state index contributed by atoms with van der Waals surface area (Å²) in [4.78, 5) is 3.48. The van der Waals surface area contributed by atoms with Gasteiger partial charge in [0.1, 0.15) is 0 Å². The number of β-amino-alcohol motifs (C(OH)–C–C–N with tert-alkyl or cyclic N) is 1. The van der Waals surface area contributed by atoms with Crippen molar-refractivity contribution in [3.63, 3.8) is 0 Å². The first-order valence-corrected chi connectivity index (χ1v) is 7.80. The van der Waals surface area contributed by atoms with Gasteiger partial charge < -0.3 is 15.4 Å². The summed E-state index contributed by atoms with van der Waals surface area (Å²) in [6.45, 7) is 8.96. The van der Waals surface area contributed by atoms with Crippen LogP contribution in [0.1, 0.15) is 38.0 Å². The summed E-state index contributed by atoms with van der Waals surface area (Å²) in [5.41, 5.74) is 4.41. The molecular formula is C19H24N2O. The number of aromatic amines is 1. The van der Waals surface area contributed by atoms with E-state index < -0.39 is 6.10 Å². The molecule has 0 aliphatic heterocycles. The van der Waals surface area contributed by atoms with Gasteiger partial charge in [-0.25, -0.2) is 0 Å². The second kappa shape index (κ2) is 5.41. The van der Waals surface area contributed by atoms with Gasteiger partial charge in [-0.3, -0.25) is 0 Å². The van der Waals surface area contributed by atoms with Crippen LogP contribution in [0.25, 0.3) is 21.8 Å². The van der Waals surface area contributed by atoms with Crippen LogP contribution in [0.3, 0.4) is 0 Å². The first kappa shape index (κ1) is 15.1. The quantitative estimate of drug-likeness (QED) is 0.683. The lowest BCUT2D eigenvalue weighted by molar-refractivity contribution is 0.165. The van der Waals surface area contributed by atoms with Gasteiger partial charge in [0.05, 0.1) is 6.10 Å². The predicted molar refractivity (Wildman–Crippen MR) is 93.3 cm³/mol. The Morgan fingerprint density at radius 3 is 2.59 bits per heavy atom. The normalized spacial score (nSPS) is 13.9. The van der Waals surface area contributed by atoms with E-state index in [1.54, 1.807) is 0 Å². The van der Waals surface area contributed by atoms with E-state index in [1.165, 1.54) is 10.9 Å². The molecule has 3 rings (SSSR count). The lowest BCUT2D eigenvalue weighted by atomic mass is 9.98. The Kier molecular flexibility index (Phi) is 3.71. The van der Waals surface area contributed by atoms with Gasteiger partial charge in [0.15, 0.2) is 0 Å². The Bertz CT molecular complexity index is 811. The van der Waals surface area contributed by atoms with Crippen LogP contribution < -0.4 is 5.32 Å². The first-order valence-electron chi connectivity index (χ1n) is 7.80. The van der Waals surface area contributed by atoms with Gasteiger partial charge in [0.2, 0.25) is 0 Å². The molecule has 0 saturated carbocycles. The summed E-state index contributed by atoms with van der Waals surface area (Å²) in [5, 5.41) is 16.4. The molecule has 0 aliphatic carbocycles. The lowest BCUT2D eigenvalue weighted by Crippen LogP contribution is -2.38. The molecule has 1 atom stereocenters. The van der Waals surface area contributed by atoms with Gasteiger partial charge in [-0.05, 0) is 44.9 Å². The highest BCUT2D eigenvalue weighted by Gasteiger charge is 2.18. The first-order chi connectivity index (χ1) is 10.4. The highest BCUT2D eigenvalue weighted by Crippen LogP contribution is 2.33. The number of hydrogen-bond acceptors (Lipinski definition) is 2. The average Bonchev–Trinajstić information content (AvgIpc) is 2.85. The zero-order chi connectivity index (χ0) is 15.9. The van der Waals surface area contributed by atoms with Crippen molar-refractivity contribution in [3.8, 4) is 0 Å². The van der Waals surface area contributed by atoms with Crippen LogP contribution in [0, 0.1) is 6.92 Å². The number of fused-ring (bicyclic) bond motifs is 3. The summed E-state index contributed by atoms with van der Waals surface area (Å²) in [6.07, 6.45) is -0.526. The van der Waals surface area contributed by atoms with Crippen molar-refractivity contribution in [1.29, 1.82) is 0 Å². The van der Waals surface area contributed by atoms with Crippen molar-refractivity contribution in [1.82, 2.24) is 10.3 Å². The maximum Gasteiger partial charge on any atom is 0.0921 e. The summed E-state index contributed by atoms with van der Waals surface area (Å²) in [7, 11) is 0. The summed E-state index contributed by atoms with van der Waals surface area (Å²) in [5.74, 6) is 0. The number of aliphatic hydroxyl groups excluding tert-OH is 1. The Morgan fingerprint density at radius 1 is 1.14 bits per heavy atom. The van der Waals surface area contributed by atoms with Gasteiger partial charge >= 0.3 is 0 Å². The number of nitrogens with one attached hydrogen (secondary N) is 2. The standard InChI is InChI=1S/C19H24N2O/c1-12-9-10-14(16(22)11-20-19(2,3)4)17-13-7-5-6-8-15(13)21-18(12)17/h5-10,16,20-22H,11H2,1-4H3/t16-/m0/s1. The minimum atomic E-state index is -0.526. The van der Waals surface area contributed by atoms with Crippen molar-refractivity contribution < 1.29 is 5.11 Å². The maximum absolute atomic E-state index is 10.7. The molecule has 0 aliphatic rings. The predicted octanol–water partition coefficient (Wildman–Crippen LogP) is 4.05. The summed E-state index contributed by atoms with van der Waals surface area (Å²) < 4.78 is 0. The molecule has 0 amide bonds. The van der Waals surface area contributed by atoms with Crippen molar-refractivity contribution in [2.24, 2.45) is 0 Å². The average molecular weight is 296 g/mol. The van der Waals surface area contributed by atoms with Gasteiger partial charge in [0.25, 0.3) is 0 Å². The third kappa shape index (κ3) is 2.74. The second-order valence-corrected chi connectivity index (χ2v) is 7.04. The van der Waals surface area contributed by atoms with Crippen LogP contribution in [0.15, 0.2) is 36.4 Å². The van der Waals surface area contributed by atoms with E-state index in [2.05, 4.69) is 56.2 Å². The Hall–Kier alpha value is -1.84. The molecule has 22 heavy (non-hydrogen) atoms. The number of H-pyrrole nitrogens is 1. The number of hydrogen-bond donors (Lipinski definition) is 3.